The monoisotopic (exact) mass is 429 g/mol. The topological polar surface area (TPSA) is 99.0 Å². The van der Waals surface area contributed by atoms with E-state index in [4.69, 9.17) is 4.55 Å². The Bertz CT molecular complexity index is 458. The molecule has 0 aromatic carbocycles. The van der Waals surface area contributed by atoms with Crippen molar-refractivity contribution in [1.29, 1.82) is 0 Å². The van der Waals surface area contributed by atoms with Crippen LogP contribution in [0.25, 0.3) is 0 Å². The molecule has 0 heterocycles. The van der Waals surface area contributed by atoms with Gasteiger partial charge in [0.15, 0.2) is 0 Å². The number of unbranched alkanes of at least 4 members (excludes halogenated alkanes) is 14. The van der Waals surface area contributed by atoms with E-state index in [0.717, 1.165) is 19.3 Å². The van der Waals surface area contributed by atoms with Crippen LogP contribution in [-0.4, -0.2) is 32.0 Å². The summed E-state index contributed by atoms with van der Waals surface area (Å²) in [4.78, 5) is 3.69. The molecule has 0 bridgehead atoms. The predicted molar refractivity (Wildman–Crippen MR) is 109 cm³/mol. The average Bonchev–Trinajstić information content (AvgIpc) is 2.61. The molecule has 8 heteroatoms. The molecule has 0 fully saturated rings. The second-order valence-corrected chi connectivity index (χ2v) is 8.32. The number of rotatable bonds is 20. The summed E-state index contributed by atoms with van der Waals surface area (Å²) >= 11 is 0. The van der Waals surface area contributed by atoms with Crippen LogP contribution < -0.4 is 34.7 Å². The number of aliphatic imine (C=N–C) groups is 1. The SMILES string of the molecule is CCCCCCCCCCCCCCCCCC([O-])=NCCOS(=O)(=O)O.[Na+]. The van der Waals surface area contributed by atoms with Gasteiger partial charge in [-0.3, -0.25) is 4.55 Å². The van der Waals surface area contributed by atoms with E-state index in [0.29, 0.717) is 6.42 Å². The molecule has 0 saturated heterocycles. The Hall–Kier alpha value is 0.340. The van der Waals surface area contributed by atoms with Gasteiger partial charge >= 0.3 is 40.0 Å². The van der Waals surface area contributed by atoms with Crippen molar-refractivity contribution in [3.05, 3.63) is 0 Å². The van der Waals surface area contributed by atoms with Gasteiger partial charge in [-0.25, -0.2) is 4.18 Å². The maximum Gasteiger partial charge on any atom is 1.00 e. The molecule has 0 aromatic heterocycles. The van der Waals surface area contributed by atoms with Crippen molar-refractivity contribution in [2.75, 3.05) is 13.2 Å². The molecule has 0 aliphatic heterocycles. The first-order chi connectivity index (χ1) is 13.0. The van der Waals surface area contributed by atoms with Crippen LogP contribution in [-0.2, 0) is 14.6 Å². The minimum atomic E-state index is -4.44. The van der Waals surface area contributed by atoms with Gasteiger partial charge in [-0.15, -0.1) is 0 Å². The average molecular weight is 430 g/mol. The summed E-state index contributed by atoms with van der Waals surface area (Å²) in [6.07, 6.45) is 19.6. The van der Waals surface area contributed by atoms with E-state index in [2.05, 4.69) is 16.1 Å². The molecule has 0 atom stereocenters. The van der Waals surface area contributed by atoms with Crippen LogP contribution in [0.3, 0.4) is 0 Å². The van der Waals surface area contributed by atoms with E-state index in [1.54, 1.807) is 0 Å². The number of hydrogen-bond donors (Lipinski definition) is 1. The van der Waals surface area contributed by atoms with Gasteiger partial charge in [0.1, 0.15) is 0 Å². The Balaban J connectivity index is 0. The maximum atomic E-state index is 11.5. The van der Waals surface area contributed by atoms with Gasteiger partial charge in [0.05, 0.1) is 13.2 Å². The molecule has 162 valence electrons. The summed E-state index contributed by atoms with van der Waals surface area (Å²) in [5, 5.41) is 11.5. The van der Waals surface area contributed by atoms with Gasteiger partial charge in [-0.1, -0.05) is 96.8 Å². The van der Waals surface area contributed by atoms with Gasteiger partial charge in [0, 0.05) is 0 Å². The zero-order chi connectivity index (χ0) is 20.2. The molecule has 0 radical (unpaired) electrons. The van der Waals surface area contributed by atoms with E-state index in [9.17, 15) is 13.5 Å². The molecule has 0 aromatic rings. The summed E-state index contributed by atoms with van der Waals surface area (Å²) in [7, 11) is -4.44. The molecule has 0 aliphatic rings. The van der Waals surface area contributed by atoms with E-state index in [1.807, 2.05) is 0 Å². The summed E-state index contributed by atoms with van der Waals surface area (Å²) < 4.78 is 33.1. The molecular weight excluding hydrogens is 389 g/mol. The molecule has 28 heavy (non-hydrogen) atoms. The second kappa shape index (κ2) is 22.0. The normalized spacial score (nSPS) is 12.1. The van der Waals surface area contributed by atoms with Crippen LogP contribution in [0, 0.1) is 0 Å². The molecule has 0 aliphatic carbocycles. The third kappa shape index (κ3) is 26.3. The number of nitrogens with zero attached hydrogens (tertiary/aromatic N) is 1. The zero-order valence-electron chi connectivity index (χ0n) is 18.2. The molecule has 0 unspecified atom stereocenters. The van der Waals surface area contributed by atoms with E-state index < -0.39 is 10.4 Å². The maximum absolute atomic E-state index is 11.5. The summed E-state index contributed by atoms with van der Waals surface area (Å²) in [6.45, 7) is 1.91. The van der Waals surface area contributed by atoms with Gasteiger partial charge in [0.25, 0.3) is 0 Å². The van der Waals surface area contributed by atoms with Crippen molar-refractivity contribution >= 4 is 16.3 Å². The summed E-state index contributed by atoms with van der Waals surface area (Å²) in [5.41, 5.74) is 0. The van der Waals surface area contributed by atoms with Crippen molar-refractivity contribution in [2.24, 2.45) is 4.99 Å². The second-order valence-electron chi connectivity index (χ2n) is 7.22. The Labute approximate surface area is 195 Å². The fourth-order valence-electron chi connectivity index (χ4n) is 3.04. The van der Waals surface area contributed by atoms with Crippen LogP contribution in [0.1, 0.15) is 110 Å². The minimum absolute atomic E-state index is 0. The minimum Gasteiger partial charge on any atom is -0.862 e. The summed E-state index contributed by atoms with van der Waals surface area (Å²) in [5.74, 6) is -0.233. The van der Waals surface area contributed by atoms with Crippen molar-refractivity contribution in [1.82, 2.24) is 0 Å². The zero-order valence-corrected chi connectivity index (χ0v) is 21.0. The third-order valence-electron chi connectivity index (χ3n) is 4.61. The fourth-order valence-corrected chi connectivity index (χ4v) is 3.32. The van der Waals surface area contributed by atoms with Crippen LogP contribution >= 0.6 is 0 Å². The quantitative estimate of drug-likeness (QED) is 0.105. The molecule has 1 N–H and O–H groups in total. The van der Waals surface area contributed by atoms with Gasteiger partial charge in [-0.05, 0) is 18.7 Å². The molecule has 6 nitrogen and oxygen atoms in total. The van der Waals surface area contributed by atoms with Crippen molar-refractivity contribution in [2.45, 2.75) is 110 Å². The van der Waals surface area contributed by atoms with Crippen LogP contribution in [0.2, 0.25) is 0 Å². The van der Waals surface area contributed by atoms with Crippen molar-refractivity contribution in [3.8, 4) is 0 Å². The van der Waals surface area contributed by atoms with E-state index in [1.165, 1.54) is 77.0 Å². The standard InChI is InChI=1S/C20H41NO5S.Na/c1-2-3-4-5-6-7-8-9-10-11-12-13-14-15-16-17-20(22)21-18-19-26-27(23,24)25;/h2-19H2,1H3,(H,21,22)(H,23,24,25);/q;+1/p-1. The molecule has 0 rings (SSSR count). The number of hydrogen-bond acceptors (Lipinski definition) is 5. The molecule has 0 amide bonds. The van der Waals surface area contributed by atoms with Crippen molar-refractivity contribution < 1.29 is 51.8 Å². The smallest absolute Gasteiger partial charge is 0.862 e. The first kappa shape index (κ1) is 30.5. The predicted octanol–water partition coefficient (Wildman–Crippen LogP) is 1.83. The largest absolute Gasteiger partial charge is 1.00 e. The third-order valence-corrected chi connectivity index (χ3v) is 5.07. The molecular formula is C20H40NNaO5S. The Morgan fingerprint density at radius 1 is 0.821 bits per heavy atom. The van der Waals surface area contributed by atoms with Gasteiger partial charge in [-0.2, -0.15) is 8.42 Å². The Morgan fingerprint density at radius 2 is 1.21 bits per heavy atom. The summed E-state index contributed by atoms with van der Waals surface area (Å²) in [6, 6.07) is 0. The first-order valence-electron chi connectivity index (χ1n) is 10.8. The van der Waals surface area contributed by atoms with Gasteiger partial charge in [0.2, 0.25) is 0 Å². The Kier molecular flexibility index (Phi) is 24.0. The van der Waals surface area contributed by atoms with E-state index in [-0.39, 0.29) is 48.6 Å². The van der Waals surface area contributed by atoms with E-state index >= 15 is 0 Å². The van der Waals surface area contributed by atoms with Crippen molar-refractivity contribution in [3.63, 3.8) is 0 Å². The van der Waals surface area contributed by atoms with Crippen LogP contribution in [0.4, 0.5) is 0 Å². The van der Waals surface area contributed by atoms with Crippen LogP contribution in [0.15, 0.2) is 4.99 Å². The van der Waals surface area contributed by atoms with Crippen LogP contribution in [0.5, 0.6) is 0 Å². The fraction of sp³-hybridized carbons (Fsp3) is 0.950. The first-order valence-corrected chi connectivity index (χ1v) is 12.1. The molecule has 0 saturated carbocycles. The Morgan fingerprint density at radius 3 is 1.61 bits per heavy atom. The molecule has 0 spiro atoms. The van der Waals surface area contributed by atoms with Gasteiger partial charge < -0.3 is 10.1 Å².